The summed E-state index contributed by atoms with van der Waals surface area (Å²) in [7, 11) is 3.36. The molecule has 20 heavy (non-hydrogen) atoms. The Morgan fingerprint density at radius 1 is 1.10 bits per heavy atom. The maximum Gasteiger partial charge on any atom is 0.123 e. The van der Waals surface area contributed by atoms with Crippen LogP contribution in [0.2, 0.25) is 0 Å². The summed E-state index contributed by atoms with van der Waals surface area (Å²) in [6.45, 7) is 5.21. The van der Waals surface area contributed by atoms with E-state index >= 15 is 0 Å². The van der Waals surface area contributed by atoms with Crippen LogP contribution in [0.5, 0.6) is 11.5 Å². The van der Waals surface area contributed by atoms with Gasteiger partial charge < -0.3 is 9.47 Å². The number of hydrogen-bond acceptors (Lipinski definition) is 5. The third-order valence-electron chi connectivity index (χ3n) is 3.64. The maximum atomic E-state index is 8.71. The lowest BCUT2D eigenvalue weighted by Gasteiger charge is -2.33. The van der Waals surface area contributed by atoms with Crippen molar-refractivity contribution in [1.82, 2.24) is 9.80 Å². The van der Waals surface area contributed by atoms with Crippen molar-refractivity contribution >= 4 is 0 Å². The van der Waals surface area contributed by atoms with Crippen LogP contribution in [0.25, 0.3) is 0 Å². The molecule has 0 atom stereocenters. The summed E-state index contributed by atoms with van der Waals surface area (Å²) < 4.78 is 10.7. The van der Waals surface area contributed by atoms with E-state index in [1.807, 2.05) is 18.2 Å². The molecule has 1 aliphatic heterocycles. The first kappa shape index (κ1) is 14.6. The first-order chi connectivity index (χ1) is 9.76. The zero-order chi connectivity index (χ0) is 14.4. The number of methoxy groups -OCH3 is 2. The number of nitrogens with zero attached hydrogens (tertiary/aromatic N) is 3. The van der Waals surface area contributed by atoms with E-state index in [-0.39, 0.29) is 0 Å². The largest absolute Gasteiger partial charge is 0.497 e. The van der Waals surface area contributed by atoms with Crippen LogP contribution in [0.4, 0.5) is 0 Å². The third-order valence-corrected chi connectivity index (χ3v) is 3.64. The summed E-state index contributed by atoms with van der Waals surface area (Å²) in [5.41, 5.74) is 1.14. The van der Waals surface area contributed by atoms with Gasteiger partial charge in [-0.15, -0.1) is 0 Å². The van der Waals surface area contributed by atoms with E-state index in [0.29, 0.717) is 6.54 Å². The van der Waals surface area contributed by atoms with Crippen molar-refractivity contribution in [1.29, 1.82) is 5.26 Å². The molecule has 0 N–H and O–H groups in total. The molecular weight excluding hydrogens is 254 g/mol. The van der Waals surface area contributed by atoms with Gasteiger partial charge in [0.15, 0.2) is 0 Å². The molecule has 1 heterocycles. The Balaban J connectivity index is 1.98. The highest BCUT2D eigenvalue weighted by Crippen LogP contribution is 2.25. The third kappa shape index (κ3) is 3.62. The van der Waals surface area contributed by atoms with E-state index in [1.165, 1.54) is 0 Å². The lowest BCUT2D eigenvalue weighted by molar-refractivity contribution is 0.137. The van der Waals surface area contributed by atoms with E-state index in [4.69, 9.17) is 14.7 Å². The fourth-order valence-electron chi connectivity index (χ4n) is 2.45. The molecule has 2 rings (SSSR count). The van der Waals surface area contributed by atoms with E-state index < -0.39 is 0 Å². The first-order valence-corrected chi connectivity index (χ1v) is 6.79. The lowest BCUT2D eigenvalue weighted by atomic mass is 10.1. The van der Waals surface area contributed by atoms with E-state index in [2.05, 4.69) is 15.9 Å². The molecule has 1 saturated heterocycles. The smallest absolute Gasteiger partial charge is 0.123 e. The second kappa shape index (κ2) is 7.13. The highest BCUT2D eigenvalue weighted by molar-refractivity contribution is 5.40. The lowest BCUT2D eigenvalue weighted by Crippen LogP contribution is -2.45. The molecule has 0 amide bonds. The fourth-order valence-corrected chi connectivity index (χ4v) is 2.45. The van der Waals surface area contributed by atoms with Gasteiger partial charge in [0.05, 0.1) is 26.8 Å². The Kier molecular flexibility index (Phi) is 5.22. The van der Waals surface area contributed by atoms with Gasteiger partial charge in [-0.25, -0.2) is 0 Å². The van der Waals surface area contributed by atoms with Gasteiger partial charge in [0, 0.05) is 38.3 Å². The van der Waals surface area contributed by atoms with E-state index in [0.717, 1.165) is 49.8 Å². The number of benzene rings is 1. The molecule has 0 spiro atoms. The van der Waals surface area contributed by atoms with E-state index in [1.54, 1.807) is 14.2 Å². The van der Waals surface area contributed by atoms with Crippen LogP contribution in [0.1, 0.15) is 5.56 Å². The van der Waals surface area contributed by atoms with Crippen molar-refractivity contribution in [2.45, 2.75) is 6.54 Å². The van der Waals surface area contributed by atoms with Crippen LogP contribution in [0.15, 0.2) is 18.2 Å². The molecule has 1 aliphatic rings. The van der Waals surface area contributed by atoms with Gasteiger partial charge in [-0.1, -0.05) is 0 Å². The topological polar surface area (TPSA) is 48.7 Å². The molecule has 1 fully saturated rings. The minimum absolute atomic E-state index is 0.524. The number of rotatable bonds is 5. The standard InChI is InChI=1S/C15H21N3O2/c1-19-14-3-4-15(20-2)13(11-14)12-18-9-7-17(6-5-16)8-10-18/h3-4,11H,6-10,12H2,1-2H3. The van der Waals surface area contributed by atoms with E-state index in [9.17, 15) is 0 Å². The summed E-state index contributed by atoms with van der Waals surface area (Å²) >= 11 is 0. The minimum Gasteiger partial charge on any atom is -0.497 e. The molecule has 1 aromatic rings. The van der Waals surface area contributed by atoms with Crippen LogP contribution in [0, 0.1) is 11.3 Å². The average Bonchev–Trinajstić information content (AvgIpc) is 2.49. The first-order valence-electron chi connectivity index (χ1n) is 6.79. The molecule has 5 nitrogen and oxygen atoms in total. The monoisotopic (exact) mass is 275 g/mol. The Bertz CT molecular complexity index is 476. The molecule has 5 heteroatoms. The Morgan fingerprint density at radius 3 is 2.40 bits per heavy atom. The van der Waals surface area contributed by atoms with Gasteiger partial charge in [0.2, 0.25) is 0 Å². The molecule has 0 saturated carbocycles. The van der Waals surface area contributed by atoms with Crippen LogP contribution in [-0.2, 0) is 6.54 Å². The van der Waals surface area contributed by atoms with Crippen molar-refractivity contribution in [3.05, 3.63) is 23.8 Å². The van der Waals surface area contributed by atoms with Gasteiger partial charge in [-0.05, 0) is 18.2 Å². The Hall–Kier alpha value is -1.77. The molecule has 0 aliphatic carbocycles. The van der Waals surface area contributed by atoms with Crippen LogP contribution in [-0.4, -0.2) is 56.7 Å². The number of nitriles is 1. The molecule has 0 aromatic heterocycles. The quantitative estimate of drug-likeness (QED) is 0.759. The highest BCUT2D eigenvalue weighted by atomic mass is 16.5. The summed E-state index contributed by atoms with van der Waals surface area (Å²) in [6.07, 6.45) is 0. The summed E-state index contributed by atoms with van der Waals surface area (Å²) in [6, 6.07) is 8.09. The van der Waals surface area contributed by atoms with Crippen LogP contribution < -0.4 is 9.47 Å². The zero-order valence-electron chi connectivity index (χ0n) is 12.1. The molecule has 1 aromatic carbocycles. The predicted molar refractivity (Wildman–Crippen MR) is 76.9 cm³/mol. The van der Waals surface area contributed by atoms with Gasteiger partial charge in [-0.3, -0.25) is 9.80 Å². The SMILES string of the molecule is COc1ccc(OC)c(CN2CCN(CC#N)CC2)c1. The fraction of sp³-hybridized carbons (Fsp3) is 0.533. The minimum atomic E-state index is 0.524. The summed E-state index contributed by atoms with van der Waals surface area (Å²) in [5, 5.41) is 8.71. The van der Waals surface area contributed by atoms with Crippen molar-refractivity contribution in [3.63, 3.8) is 0 Å². The average molecular weight is 275 g/mol. The number of hydrogen-bond donors (Lipinski definition) is 0. The second-order valence-corrected chi connectivity index (χ2v) is 4.89. The number of piperazine rings is 1. The van der Waals surface area contributed by atoms with Crippen molar-refractivity contribution < 1.29 is 9.47 Å². The number of ether oxygens (including phenoxy) is 2. The van der Waals surface area contributed by atoms with Crippen molar-refractivity contribution in [3.8, 4) is 17.6 Å². The Morgan fingerprint density at radius 2 is 1.80 bits per heavy atom. The van der Waals surface area contributed by atoms with Gasteiger partial charge >= 0.3 is 0 Å². The van der Waals surface area contributed by atoms with Crippen LogP contribution in [0.3, 0.4) is 0 Å². The maximum absolute atomic E-state index is 8.71. The molecule has 0 radical (unpaired) electrons. The molecule has 0 bridgehead atoms. The predicted octanol–water partition coefficient (Wildman–Crippen LogP) is 1.34. The summed E-state index contributed by atoms with van der Waals surface area (Å²) in [5.74, 6) is 1.74. The second-order valence-electron chi connectivity index (χ2n) is 4.89. The highest BCUT2D eigenvalue weighted by Gasteiger charge is 2.18. The molecular formula is C15H21N3O2. The van der Waals surface area contributed by atoms with Crippen molar-refractivity contribution in [2.24, 2.45) is 0 Å². The normalized spacial score (nSPS) is 16.6. The van der Waals surface area contributed by atoms with Gasteiger partial charge in [-0.2, -0.15) is 5.26 Å². The van der Waals surface area contributed by atoms with Crippen molar-refractivity contribution in [2.75, 3.05) is 46.9 Å². The van der Waals surface area contributed by atoms with Crippen LogP contribution >= 0.6 is 0 Å². The van der Waals surface area contributed by atoms with Gasteiger partial charge in [0.1, 0.15) is 11.5 Å². The van der Waals surface area contributed by atoms with Gasteiger partial charge in [0.25, 0.3) is 0 Å². The Labute approximate surface area is 120 Å². The summed E-state index contributed by atoms with van der Waals surface area (Å²) in [4.78, 5) is 4.56. The molecule has 0 unspecified atom stereocenters. The molecule has 108 valence electrons. The zero-order valence-corrected chi connectivity index (χ0v) is 12.1.